The van der Waals surface area contributed by atoms with E-state index in [9.17, 15) is 0 Å². The van der Waals surface area contributed by atoms with E-state index >= 15 is 0 Å². The van der Waals surface area contributed by atoms with Gasteiger partial charge in [0.25, 0.3) is 0 Å². The Hall–Kier alpha value is -0.120. The van der Waals surface area contributed by atoms with Gasteiger partial charge in [-0.1, -0.05) is 20.8 Å². The fourth-order valence-electron chi connectivity index (χ4n) is 4.29. The van der Waals surface area contributed by atoms with Crippen LogP contribution in [-0.4, -0.2) is 61.2 Å². The third-order valence-electron chi connectivity index (χ3n) is 5.98. The van der Waals surface area contributed by atoms with Gasteiger partial charge in [-0.3, -0.25) is 9.80 Å². The quantitative estimate of drug-likeness (QED) is 0.841. The smallest absolute Gasteiger partial charge is 0.0277 e. The zero-order valence-electron chi connectivity index (χ0n) is 15.2. The number of piperazine rings is 1. The van der Waals surface area contributed by atoms with Crippen LogP contribution in [0.2, 0.25) is 0 Å². The van der Waals surface area contributed by atoms with Crippen LogP contribution >= 0.6 is 0 Å². The lowest BCUT2D eigenvalue weighted by molar-refractivity contribution is 0.0287. The molecule has 1 N–H and O–H groups in total. The first-order valence-corrected chi connectivity index (χ1v) is 8.93. The number of rotatable bonds is 5. The molecule has 0 bridgehead atoms. The minimum atomic E-state index is 0.318. The first-order valence-electron chi connectivity index (χ1n) is 8.93. The fraction of sp³-hybridized carbons (Fsp3) is 1.00. The van der Waals surface area contributed by atoms with Crippen LogP contribution in [0.5, 0.6) is 0 Å². The molecule has 2 atom stereocenters. The van der Waals surface area contributed by atoms with Crippen molar-refractivity contribution in [3.05, 3.63) is 0 Å². The second-order valence-electron chi connectivity index (χ2n) is 8.69. The lowest BCUT2D eigenvalue weighted by Crippen LogP contribution is -2.59. The molecule has 3 heteroatoms. The summed E-state index contributed by atoms with van der Waals surface area (Å²) in [5, 5.41) is 3.85. The zero-order chi connectivity index (χ0) is 15.7. The summed E-state index contributed by atoms with van der Waals surface area (Å²) in [5.74, 6) is 0.825. The molecule has 2 rings (SSSR count). The van der Waals surface area contributed by atoms with Crippen molar-refractivity contribution < 1.29 is 0 Å². The highest BCUT2D eigenvalue weighted by molar-refractivity contribution is 4.98. The summed E-state index contributed by atoms with van der Waals surface area (Å²) < 4.78 is 0. The van der Waals surface area contributed by atoms with Crippen molar-refractivity contribution in [3.63, 3.8) is 0 Å². The van der Waals surface area contributed by atoms with Crippen molar-refractivity contribution in [1.82, 2.24) is 15.1 Å². The highest BCUT2D eigenvalue weighted by atomic mass is 15.3. The molecule has 0 spiro atoms. The predicted octanol–water partition coefficient (Wildman–Crippen LogP) is 2.82. The standard InChI is InChI=1S/C18H37N3/c1-7-10-19-16-15(8-9-17(16,2)3)13-21-12-11-20(6)18(4,5)14-21/h15-16,19H,7-14H2,1-6H3. The molecular formula is C18H37N3. The van der Waals surface area contributed by atoms with Crippen molar-refractivity contribution in [2.24, 2.45) is 11.3 Å². The Labute approximate surface area is 132 Å². The van der Waals surface area contributed by atoms with Gasteiger partial charge in [-0.05, 0) is 58.0 Å². The van der Waals surface area contributed by atoms with E-state index in [0.29, 0.717) is 17.0 Å². The summed E-state index contributed by atoms with van der Waals surface area (Å²) in [6, 6.07) is 0.695. The maximum Gasteiger partial charge on any atom is 0.0277 e. The van der Waals surface area contributed by atoms with Crippen LogP contribution in [0.3, 0.4) is 0 Å². The molecule has 0 aromatic carbocycles. The van der Waals surface area contributed by atoms with E-state index in [1.807, 2.05) is 0 Å². The Kier molecular flexibility index (Phi) is 5.38. The van der Waals surface area contributed by atoms with Crippen LogP contribution in [0.15, 0.2) is 0 Å². The highest BCUT2D eigenvalue weighted by Gasteiger charge is 2.42. The monoisotopic (exact) mass is 295 g/mol. The molecule has 3 nitrogen and oxygen atoms in total. The summed E-state index contributed by atoms with van der Waals surface area (Å²) >= 11 is 0. The molecule has 21 heavy (non-hydrogen) atoms. The van der Waals surface area contributed by atoms with Crippen LogP contribution < -0.4 is 5.32 Å². The van der Waals surface area contributed by atoms with E-state index in [2.05, 4.69) is 56.8 Å². The molecule has 0 amide bonds. The van der Waals surface area contributed by atoms with Crippen molar-refractivity contribution in [3.8, 4) is 0 Å². The summed E-state index contributed by atoms with van der Waals surface area (Å²) in [7, 11) is 2.27. The third-order valence-corrected chi connectivity index (χ3v) is 5.98. The number of nitrogens with one attached hydrogen (secondary N) is 1. The molecule has 1 saturated heterocycles. The van der Waals surface area contributed by atoms with Crippen molar-refractivity contribution in [2.75, 3.05) is 39.8 Å². The van der Waals surface area contributed by atoms with E-state index in [-0.39, 0.29) is 0 Å². The molecule has 2 aliphatic rings. The predicted molar refractivity (Wildman–Crippen MR) is 91.7 cm³/mol. The van der Waals surface area contributed by atoms with Crippen LogP contribution in [0.25, 0.3) is 0 Å². The fourth-order valence-corrected chi connectivity index (χ4v) is 4.29. The number of likely N-dealkylation sites (N-methyl/N-ethyl adjacent to an activating group) is 1. The van der Waals surface area contributed by atoms with Crippen LogP contribution in [0.1, 0.15) is 53.9 Å². The zero-order valence-corrected chi connectivity index (χ0v) is 15.2. The average molecular weight is 296 g/mol. The van der Waals surface area contributed by atoms with E-state index in [1.165, 1.54) is 52.0 Å². The van der Waals surface area contributed by atoms with Crippen LogP contribution in [0, 0.1) is 11.3 Å². The first-order chi connectivity index (χ1) is 9.76. The van der Waals surface area contributed by atoms with Gasteiger partial charge in [0.05, 0.1) is 0 Å². The van der Waals surface area contributed by atoms with Gasteiger partial charge in [-0.25, -0.2) is 0 Å². The minimum Gasteiger partial charge on any atom is -0.313 e. The number of hydrogen-bond acceptors (Lipinski definition) is 3. The molecule has 0 aromatic rings. The summed E-state index contributed by atoms with van der Waals surface area (Å²) in [6.07, 6.45) is 4.00. The van der Waals surface area contributed by atoms with Gasteiger partial charge in [0, 0.05) is 37.8 Å². The molecule has 1 aliphatic carbocycles. The summed E-state index contributed by atoms with van der Waals surface area (Å²) in [5.41, 5.74) is 0.778. The Balaban J connectivity index is 1.95. The molecule has 124 valence electrons. The molecule has 1 saturated carbocycles. The Morgan fingerprint density at radius 3 is 2.48 bits per heavy atom. The largest absolute Gasteiger partial charge is 0.313 e. The van der Waals surface area contributed by atoms with E-state index < -0.39 is 0 Å². The lowest BCUT2D eigenvalue weighted by Gasteiger charge is -2.46. The number of hydrogen-bond donors (Lipinski definition) is 1. The van der Waals surface area contributed by atoms with Gasteiger partial charge in [0.2, 0.25) is 0 Å². The van der Waals surface area contributed by atoms with E-state index in [4.69, 9.17) is 0 Å². The van der Waals surface area contributed by atoms with Gasteiger partial charge in [-0.15, -0.1) is 0 Å². The van der Waals surface area contributed by atoms with Crippen LogP contribution in [0.4, 0.5) is 0 Å². The SMILES string of the molecule is CCCNC1C(CN2CCN(C)C(C)(C)C2)CCC1(C)C. The maximum absolute atomic E-state index is 3.85. The first kappa shape index (κ1) is 17.2. The van der Waals surface area contributed by atoms with Crippen LogP contribution in [-0.2, 0) is 0 Å². The molecule has 0 aromatic heterocycles. The van der Waals surface area contributed by atoms with E-state index in [0.717, 1.165) is 5.92 Å². The van der Waals surface area contributed by atoms with Gasteiger partial charge >= 0.3 is 0 Å². The normalized spacial score (nSPS) is 33.4. The molecule has 0 radical (unpaired) electrons. The Morgan fingerprint density at radius 1 is 1.14 bits per heavy atom. The average Bonchev–Trinajstić information content (AvgIpc) is 2.66. The van der Waals surface area contributed by atoms with E-state index in [1.54, 1.807) is 0 Å². The molecular weight excluding hydrogens is 258 g/mol. The van der Waals surface area contributed by atoms with Crippen molar-refractivity contribution in [2.45, 2.75) is 65.5 Å². The molecule has 2 fully saturated rings. The van der Waals surface area contributed by atoms with Gasteiger partial charge in [-0.2, -0.15) is 0 Å². The third kappa shape index (κ3) is 4.00. The van der Waals surface area contributed by atoms with Crippen molar-refractivity contribution in [1.29, 1.82) is 0 Å². The lowest BCUT2D eigenvalue weighted by atomic mass is 9.84. The number of nitrogens with zero attached hydrogens (tertiary/aromatic N) is 2. The molecule has 1 heterocycles. The minimum absolute atomic E-state index is 0.318. The maximum atomic E-state index is 3.85. The topological polar surface area (TPSA) is 18.5 Å². The van der Waals surface area contributed by atoms with Crippen molar-refractivity contribution >= 4 is 0 Å². The molecule has 2 unspecified atom stereocenters. The van der Waals surface area contributed by atoms with Gasteiger partial charge < -0.3 is 5.32 Å². The summed E-state index contributed by atoms with van der Waals surface area (Å²) in [4.78, 5) is 5.22. The van der Waals surface area contributed by atoms with Gasteiger partial charge in [0.15, 0.2) is 0 Å². The highest BCUT2D eigenvalue weighted by Crippen LogP contribution is 2.42. The van der Waals surface area contributed by atoms with Gasteiger partial charge in [0.1, 0.15) is 0 Å². The second-order valence-corrected chi connectivity index (χ2v) is 8.69. The Bertz CT molecular complexity index is 337. The Morgan fingerprint density at radius 2 is 1.86 bits per heavy atom. The molecule has 1 aliphatic heterocycles. The second kappa shape index (κ2) is 6.55. The summed E-state index contributed by atoms with van der Waals surface area (Å²) in [6.45, 7) is 18.0.